The van der Waals surface area contributed by atoms with Gasteiger partial charge >= 0.3 is 0 Å². The zero-order chi connectivity index (χ0) is 9.84. The van der Waals surface area contributed by atoms with E-state index < -0.39 is 0 Å². The van der Waals surface area contributed by atoms with Gasteiger partial charge in [-0.2, -0.15) is 0 Å². The van der Waals surface area contributed by atoms with E-state index in [1.54, 1.807) is 6.92 Å². The molecular weight excluding hydrogens is 168 g/mol. The summed E-state index contributed by atoms with van der Waals surface area (Å²) in [5.41, 5.74) is 5.15. The third kappa shape index (κ3) is 2.97. The average Bonchev–Trinajstić information content (AvgIpc) is 2.55. The second kappa shape index (κ2) is 4.58. The molecule has 13 heavy (non-hydrogen) atoms. The van der Waals surface area contributed by atoms with E-state index in [4.69, 9.17) is 10.5 Å². The maximum absolute atomic E-state index is 10.8. The lowest BCUT2D eigenvalue weighted by Gasteiger charge is -2.22. The highest BCUT2D eigenvalue weighted by Crippen LogP contribution is 2.16. The molecule has 0 aromatic carbocycles. The fraction of sp³-hybridized carbons (Fsp3) is 0.889. The molecule has 76 valence electrons. The molecule has 0 aliphatic carbocycles. The number of nitrogens with one attached hydrogen (secondary N) is 1. The van der Waals surface area contributed by atoms with Gasteiger partial charge in [0.15, 0.2) is 0 Å². The number of ether oxygens (including phenoxy) is 1. The molecule has 0 spiro atoms. The van der Waals surface area contributed by atoms with Gasteiger partial charge in [0.2, 0.25) is 5.91 Å². The van der Waals surface area contributed by atoms with Crippen LogP contribution in [0.15, 0.2) is 0 Å². The maximum Gasteiger partial charge on any atom is 0.234 e. The predicted molar refractivity (Wildman–Crippen MR) is 50.2 cm³/mol. The van der Waals surface area contributed by atoms with E-state index in [1.807, 2.05) is 0 Å². The normalized spacial score (nSPS) is 27.1. The van der Waals surface area contributed by atoms with Crippen LogP contribution >= 0.6 is 0 Å². The largest absolute Gasteiger partial charge is 0.381 e. The summed E-state index contributed by atoms with van der Waals surface area (Å²) in [5.74, 6) is 0.215. The summed E-state index contributed by atoms with van der Waals surface area (Å²) < 4.78 is 5.26. The first-order valence-electron chi connectivity index (χ1n) is 4.74. The van der Waals surface area contributed by atoms with Crippen LogP contribution in [0.5, 0.6) is 0 Å². The minimum Gasteiger partial charge on any atom is -0.381 e. The molecule has 0 aromatic heterocycles. The highest BCUT2D eigenvalue weighted by molar-refractivity contribution is 5.79. The molecule has 0 radical (unpaired) electrons. The van der Waals surface area contributed by atoms with E-state index in [2.05, 4.69) is 12.2 Å². The molecule has 0 bridgehead atoms. The van der Waals surface area contributed by atoms with Crippen molar-refractivity contribution >= 4 is 5.91 Å². The molecular formula is C9H18N2O2. The molecule has 0 aromatic rings. The number of primary amides is 1. The van der Waals surface area contributed by atoms with E-state index >= 15 is 0 Å². The number of carbonyl (C=O) groups excluding carboxylic acids is 1. The standard InChI is InChI=1S/C9H18N2O2/c1-6(8-3-4-13-5-8)11-7(2)9(10)12/h6-8,11H,3-5H2,1-2H3,(H2,10,12). The summed E-state index contributed by atoms with van der Waals surface area (Å²) in [7, 11) is 0. The Labute approximate surface area is 78.8 Å². The van der Waals surface area contributed by atoms with Gasteiger partial charge in [-0.05, 0) is 26.2 Å². The zero-order valence-electron chi connectivity index (χ0n) is 8.25. The van der Waals surface area contributed by atoms with Crippen LogP contribution in [0.4, 0.5) is 0 Å². The van der Waals surface area contributed by atoms with Crippen LogP contribution in [0.25, 0.3) is 0 Å². The first-order valence-corrected chi connectivity index (χ1v) is 4.74. The Morgan fingerprint density at radius 2 is 2.31 bits per heavy atom. The Bertz CT molecular complexity index is 178. The number of hydrogen-bond donors (Lipinski definition) is 2. The van der Waals surface area contributed by atoms with E-state index in [-0.39, 0.29) is 11.9 Å². The molecule has 4 heteroatoms. The first kappa shape index (κ1) is 10.5. The third-order valence-electron chi connectivity index (χ3n) is 2.61. The molecule has 3 atom stereocenters. The SMILES string of the molecule is CC(NC(C)C1CCOC1)C(N)=O. The minimum atomic E-state index is -0.300. The molecule has 1 fully saturated rings. The van der Waals surface area contributed by atoms with Gasteiger partial charge in [-0.25, -0.2) is 0 Å². The fourth-order valence-electron chi connectivity index (χ4n) is 1.56. The number of amides is 1. The van der Waals surface area contributed by atoms with Crippen molar-refractivity contribution in [3.8, 4) is 0 Å². The van der Waals surface area contributed by atoms with Gasteiger partial charge in [0.1, 0.15) is 0 Å². The van der Waals surface area contributed by atoms with Crippen molar-refractivity contribution in [2.45, 2.75) is 32.4 Å². The summed E-state index contributed by atoms with van der Waals surface area (Å²) in [6.07, 6.45) is 1.07. The number of rotatable bonds is 4. The highest BCUT2D eigenvalue weighted by Gasteiger charge is 2.24. The van der Waals surface area contributed by atoms with E-state index in [9.17, 15) is 4.79 Å². The van der Waals surface area contributed by atoms with Crippen LogP contribution in [0.2, 0.25) is 0 Å². The number of hydrogen-bond acceptors (Lipinski definition) is 3. The molecule has 1 rings (SSSR count). The van der Waals surface area contributed by atoms with Gasteiger partial charge in [-0.15, -0.1) is 0 Å². The summed E-state index contributed by atoms with van der Waals surface area (Å²) in [6.45, 7) is 5.48. The monoisotopic (exact) mass is 186 g/mol. The maximum atomic E-state index is 10.8. The van der Waals surface area contributed by atoms with Crippen LogP contribution in [-0.4, -0.2) is 31.2 Å². The van der Waals surface area contributed by atoms with Crippen molar-refractivity contribution in [2.24, 2.45) is 11.7 Å². The lowest BCUT2D eigenvalue weighted by atomic mass is 10.00. The Morgan fingerprint density at radius 3 is 2.77 bits per heavy atom. The smallest absolute Gasteiger partial charge is 0.234 e. The molecule has 1 aliphatic heterocycles. The van der Waals surface area contributed by atoms with Gasteiger partial charge in [-0.1, -0.05) is 0 Å². The van der Waals surface area contributed by atoms with Crippen LogP contribution < -0.4 is 11.1 Å². The Hall–Kier alpha value is -0.610. The van der Waals surface area contributed by atoms with Crippen molar-refractivity contribution in [2.75, 3.05) is 13.2 Å². The average molecular weight is 186 g/mol. The molecule has 1 aliphatic rings. The Kier molecular flexibility index (Phi) is 3.69. The van der Waals surface area contributed by atoms with Crippen molar-refractivity contribution in [1.29, 1.82) is 0 Å². The van der Waals surface area contributed by atoms with Crippen LogP contribution in [0.3, 0.4) is 0 Å². The van der Waals surface area contributed by atoms with E-state index in [0.29, 0.717) is 12.0 Å². The summed E-state index contributed by atoms with van der Waals surface area (Å²) in [5, 5.41) is 3.17. The number of carbonyl (C=O) groups is 1. The fourth-order valence-corrected chi connectivity index (χ4v) is 1.56. The van der Waals surface area contributed by atoms with E-state index in [0.717, 1.165) is 19.6 Å². The van der Waals surface area contributed by atoms with Gasteiger partial charge in [0.25, 0.3) is 0 Å². The summed E-state index contributed by atoms with van der Waals surface area (Å²) in [4.78, 5) is 10.8. The first-order chi connectivity index (χ1) is 6.11. The molecule has 3 N–H and O–H groups in total. The Morgan fingerprint density at radius 1 is 1.62 bits per heavy atom. The molecule has 1 amide bonds. The van der Waals surface area contributed by atoms with E-state index in [1.165, 1.54) is 0 Å². The van der Waals surface area contributed by atoms with Crippen molar-refractivity contribution in [3.63, 3.8) is 0 Å². The summed E-state index contributed by atoms with van der Waals surface area (Å²) >= 11 is 0. The van der Waals surface area contributed by atoms with Gasteiger partial charge in [0.05, 0.1) is 12.6 Å². The molecule has 4 nitrogen and oxygen atoms in total. The van der Waals surface area contributed by atoms with Crippen LogP contribution in [-0.2, 0) is 9.53 Å². The van der Waals surface area contributed by atoms with Gasteiger partial charge < -0.3 is 15.8 Å². The lowest BCUT2D eigenvalue weighted by Crippen LogP contribution is -2.46. The lowest BCUT2D eigenvalue weighted by molar-refractivity contribution is -0.119. The zero-order valence-corrected chi connectivity index (χ0v) is 8.25. The second-order valence-electron chi connectivity index (χ2n) is 3.70. The number of nitrogens with two attached hydrogens (primary N) is 1. The molecule has 0 saturated carbocycles. The van der Waals surface area contributed by atoms with Crippen LogP contribution in [0, 0.1) is 5.92 Å². The molecule has 1 saturated heterocycles. The van der Waals surface area contributed by atoms with Gasteiger partial charge in [0, 0.05) is 12.6 Å². The summed E-state index contributed by atoms with van der Waals surface area (Å²) in [6, 6.07) is 0.0422. The van der Waals surface area contributed by atoms with Crippen LogP contribution in [0.1, 0.15) is 20.3 Å². The minimum absolute atomic E-state index is 0.254. The quantitative estimate of drug-likeness (QED) is 0.643. The van der Waals surface area contributed by atoms with Crippen molar-refractivity contribution < 1.29 is 9.53 Å². The third-order valence-corrected chi connectivity index (χ3v) is 2.61. The second-order valence-corrected chi connectivity index (χ2v) is 3.70. The van der Waals surface area contributed by atoms with Gasteiger partial charge in [-0.3, -0.25) is 4.79 Å². The molecule has 3 unspecified atom stereocenters. The van der Waals surface area contributed by atoms with Crippen molar-refractivity contribution in [3.05, 3.63) is 0 Å². The highest BCUT2D eigenvalue weighted by atomic mass is 16.5. The Balaban J connectivity index is 2.30. The topological polar surface area (TPSA) is 64.3 Å². The predicted octanol–water partition coefficient (Wildman–Crippen LogP) is -0.125. The van der Waals surface area contributed by atoms with Crippen molar-refractivity contribution in [1.82, 2.24) is 5.32 Å². The molecule has 1 heterocycles.